The molecule has 15 heavy (non-hydrogen) atoms. The predicted molar refractivity (Wildman–Crippen MR) is 58.0 cm³/mol. The van der Waals surface area contributed by atoms with Gasteiger partial charge in [-0.05, 0) is 12.1 Å². The highest BCUT2D eigenvalue weighted by Crippen LogP contribution is 2.20. The fourth-order valence-electron chi connectivity index (χ4n) is 1.10. The first-order valence-corrected chi connectivity index (χ1v) is 5.13. The van der Waals surface area contributed by atoms with E-state index in [-0.39, 0.29) is 0 Å². The number of aromatic nitrogens is 3. The van der Waals surface area contributed by atoms with E-state index < -0.39 is 0 Å². The lowest BCUT2D eigenvalue weighted by Crippen LogP contribution is -2.02. The molecule has 0 saturated heterocycles. The summed E-state index contributed by atoms with van der Waals surface area (Å²) in [6.45, 7) is 0.614. The molecule has 0 amide bonds. The van der Waals surface area contributed by atoms with Gasteiger partial charge in [-0.25, -0.2) is 0 Å². The molecule has 2 heterocycles. The number of hydrogen-bond acceptors (Lipinski definition) is 6. The SMILES string of the molecule is COc1nsnc1NCc1ccccn1. The molecule has 78 valence electrons. The number of nitrogens with one attached hydrogen (secondary N) is 1. The van der Waals surface area contributed by atoms with E-state index in [1.807, 2.05) is 18.2 Å². The lowest BCUT2D eigenvalue weighted by atomic mass is 10.3. The van der Waals surface area contributed by atoms with Gasteiger partial charge in [0.1, 0.15) is 0 Å². The third-order valence-electron chi connectivity index (χ3n) is 1.81. The molecule has 6 heteroatoms. The van der Waals surface area contributed by atoms with Crippen LogP contribution in [0, 0.1) is 0 Å². The maximum atomic E-state index is 5.03. The minimum Gasteiger partial charge on any atom is -0.478 e. The summed E-state index contributed by atoms with van der Waals surface area (Å²) >= 11 is 1.12. The van der Waals surface area contributed by atoms with Gasteiger partial charge in [-0.3, -0.25) is 4.98 Å². The second kappa shape index (κ2) is 4.70. The summed E-state index contributed by atoms with van der Waals surface area (Å²) < 4.78 is 13.1. The predicted octanol–water partition coefficient (Wildman–Crippen LogP) is 1.55. The van der Waals surface area contributed by atoms with Crippen LogP contribution in [0.4, 0.5) is 5.82 Å². The van der Waals surface area contributed by atoms with Crippen molar-refractivity contribution in [1.82, 2.24) is 13.7 Å². The molecule has 2 aromatic heterocycles. The van der Waals surface area contributed by atoms with Crippen molar-refractivity contribution >= 4 is 17.5 Å². The van der Waals surface area contributed by atoms with Gasteiger partial charge in [0.15, 0.2) is 0 Å². The number of hydrogen-bond donors (Lipinski definition) is 1. The summed E-state index contributed by atoms with van der Waals surface area (Å²) in [5, 5.41) is 3.11. The topological polar surface area (TPSA) is 59.9 Å². The Bertz CT molecular complexity index is 417. The molecule has 1 N–H and O–H groups in total. The largest absolute Gasteiger partial charge is 0.478 e. The summed E-state index contributed by atoms with van der Waals surface area (Å²) in [4.78, 5) is 4.19. The van der Waals surface area contributed by atoms with Crippen LogP contribution in [0.25, 0.3) is 0 Å². The molecule has 0 aliphatic rings. The molecule has 2 rings (SSSR count). The summed E-state index contributed by atoms with van der Waals surface area (Å²) in [5.74, 6) is 1.18. The second-order valence-electron chi connectivity index (χ2n) is 2.80. The standard InChI is InChI=1S/C9H10N4OS/c1-14-9-8(12-15-13-9)11-6-7-4-2-3-5-10-7/h2-5H,6H2,1H3,(H,11,12). The molecule has 0 aliphatic heterocycles. The van der Waals surface area contributed by atoms with Crippen LogP contribution in [-0.2, 0) is 6.54 Å². The average Bonchev–Trinajstić information content (AvgIpc) is 2.75. The number of nitrogens with zero attached hydrogens (tertiary/aromatic N) is 3. The second-order valence-corrected chi connectivity index (χ2v) is 3.33. The van der Waals surface area contributed by atoms with Crippen LogP contribution in [-0.4, -0.2) is 20.8 Å². The Morgan fingerprint density at radius 2 is 2.33 bits per heavy atom. The highest BCUT2D eigenvalue weighted by atomic mass is 32.1. The number of rotatable bonds is 4. The molecule has 5 nitrogen and oxygen atoms in total. The van der Waals surface area contributed by atoms with Crippen LogP contribution in [0.5, 0.6) is 5.88 Å². The van der Waals surface area contributed by atoms with Crippen LogP contribution in [0.1, 0.15) is 5.69 Å². The van der Waals surface area contributed by atoms with E-state index in [4.69, 9.17) is 4.74 Å². The van der Waals surface area contributed by atoms with E-state index in [0.29, 0.717) is 18.2 Å². The molecule has 0 bridgehead atoms. The summed E-state index contributed by atoms with van der Waals surface area (Å²) in [7, 11) is 1.57. The van der Waals surface area contributed by atoms with E-state index >= 15 is 0 Å². The Kier molecular flexibility index (Phi) is 3.08. The number of pyridine rings is 1. The van der Waals surface area contributed by atoms with Gasteiger partial charge in [0.2, 0.25) is 5.82 Å². The van der Waals surface area contributed by atoms with Crippen molar-refractivity contribution < 1.29 is 4.74 Å². The Labute approximate surface area is 91.5 Å². The van der Waals surface area contributed by atoms with Gasteiger partial charge in [0.25, 0.3) is 5.88 Å². The van der Waals surface area contributed by atoms with Gasteiger partial charge in [0.05, 0.1) is 31.1 Å². The molecule has 0 unspecified atom stereocenters. The molecule has 0 fully saturated rings. The van der Waals surface area contributed by atoms with Crippen LogP contribution in [0.15, 0.2) is 24.4 Å². The first kappa shape index (κ1) is 9.85. The summed E-state index contributed by atoms with van der Waals surface area (Å²) in [5.41, 5.74) is 0.951. The third kappa shape index (κ3) is 2.41. The molecule has 0 aliphatic carbocycles. The van der Waals surface area contributed by atoms with Gasteiger partial charge >= 0.3 is 0 Å². The van der Waals surface area contributed by atoms with Crippen LogP contribution >= 0.6 is 11.7 Å². The van der Waals surface area contributed by atoms with Crippen LogP contribution < -0.4 is 10.1 Å². The fourth-order valence-corrected chi connectivity index (χ4v) is 1.60. The van der Waals surface area contributed by atoms with Crippen LogP contribution in [0.3, 0.4) is 0 Å². The van der Waals surface area contributed by atoms with Gasteiger partial charge in [-0.15, -0.1) is 4.37 Å². The number of anilines is 1. The third-order valence-corrected chi connectivity index (χ3v) is 2.33. The fraction of sp³-hybridized carbons (Fsp3) is 0.222. The maximum Gasteiger partial charge on any atom is 0.270 e. The van der Waals surface area contributed by atoms with Crippen molar-refractivity contribution in [2.24, 2.45) is 0 Å². The zero-order valence-electron chi connectivity index (χ0n) is 8.17. The van der Waals surface area contributed by atoms with Crippen molar-refractivity contribution in [2.75, 3.05) is 12.4 Å². The first-order chi connectivity index (χ1) is 7.40. The lowest BCUT2D eigenvalue weighted by molar-refractivity contribution is 0.403. The molecule has 2 aromatic rings. The highest BCUT2D eigenvalue weighted by molar-refractivity contribution is 6.99. The quantitative estimate of drug-likeness (QED) is 0.850. The first-order valence-electron chi connectivity index (χ1n) is 4.40. The van der Waals surface area contributed by atoms with E-state index in [9.17, 15) is 0 Å². The highest BCUT2D eigenvalue weighted by Gasteiger charge is 2.06. The van der Waals surface area contributed by atoms with Gasteiger partial charge < -0.3 is 10.1 Å². The average molecular weight is 222 g/mol. The van der Waals surface area contributed by atoms with Crippen molar-refractivity contribution in [2.45, 2.75) is 6.54 Å². The zero-order valence-corrected chi connectivity index (χ0v) is 8.99. The molecule has 0 aromatic carbocycles. The van der Waals surface area contributed by atoms with Gasteiger partial charge in [0, 0.05) is 6.20 Å². The van der Waals surface area contributed by atoms with E-state index in [0.717, 1.165) is 17.4 Å². The number of methoxy groups -OCH3 is 1. The minimum atomic E-state index is 0.524. The maximum absolute atomic E-state index is 5.03. The zero-order chi connectivity index (χ0) is 10.5. The summed E-state index contributed by atoms with van der Waals surface area (Å²) in [6, 6.07) is 5.77. The van der Waals surface area contributed by atoms with Crippen molar-refractivity contribution in [1.29, 1.82) is 0 Å². The van der Waals surface area contributed by atoms with Crippen LogP contribution in [0.2, 0.25) is 0 Å². The van der Waals surface area contributed by atoms with Crippen molar-refractivity contribution in [3.05, 3.63) is 30.1 Å². The molecule has 0 atom stereocenters. The Balaban J connectivity index is 1.99. The Morgan fingerprint density at radius 3 is 3.07 bits per heavy atom. The molecule has 0 spiro atoms. The summed E-state index contributed by atoms with van der Waals surface area (Å²) in [6.07, 6.45) is 1.76. The van der Waals surface area contributed by atoms with E-state index in [2.05, 4.69) is 19.0 Å². The normalized spacial score (nSPS) is 9.93. The Hall–Kier alpha value is -1.69. The lowest BCUT2D eigenvalue weighted by Gasteiger charge is -2.03. The van der Waals surface area contributed by atoms with E-state index in [1.165, 1.54) is 0 Å². The minimum absolute atomic E-state index is 0.524. The molecular formula is C9H10N4OS. The van der Waals surface area contributed by atoms with E-state index in [1.54, 1.807) is 13.3 Å². The van der Waals surface area contributed by atoms with Crippen molar-refractivity contribution in [3.8, 4) is 5.88 Å². The molecule has 0 radical (unpaired) electrons. The van der Waals surface area contributed by atoms with Gasteiger partial charge in [-0.1, -0.05) is 6.07 Å². The smallest absolute Gasteiger partial charge is 0.270 e. The van der Waals surface area contributed by atoms with Gasteiger partial charge in [-0.2, -0.15) is 4.37 Å². The monoisotopic (exact) mass is 222 g/mol. The number of ether oxygens (including phenoxy) is 1. The van der Waals surface area contributed by atoms with Crippen molar-refractivity contribution in [3.63, 3.8) is 0 Å². The molecular weight excluding hydrogens is 212 g/mol. The molecule has 0 saturated carbocycles. The Morgan fingerprint density at radius 1 is 1.40 bits per heavy atom.